The van der Waals surface area contributed by atoms with Crippen molar-refractivity contribution in [3.05, 3.63) is 0 Å². The lowest BCUT2D eigenvalue weighted by atomic mass is 9.80. The molecule has 0 spiro atoms. The van der Waals surface area contributed by atoms with E-state index in [1.165, 1.54) is 12.8 Å². The molecule has 1 N–H and O–H groups in total. The summed E-state index contributed by atoms with van der Waals surface area (Å²) < 4.78 is 0. The van der Waals surface area contributed by atoms with Crippen molar-refractivity contribution in [1.82, 2.24) is 0 Å². The molecule has 1 aliphatic rings. The van der Waals surface area contributed by atoms with Crippen molar-refractivity contribution in [3.8, 4) is 0 Å². The minimum Gasteiger partial charge on any atom is -0.393 e. The Bertz CT molecular complexity index is 80.6. The molecule has 0 aliphatic heterocycles. The van der Waals surface area contributed by atoms with Gasteiger partial charge in [0.05, 0.1) is 6.10 Å². The standard InChI is InChI=1S/C8H16O/c1-6-4-3-5-8(9)7(6)2/h6-9H,3-5H2,1-2H3/t6?,7-,8-/m1/s1. The maximum Gasteiger partial charge on any atom is 0.0568 e. The lowest BCUT2D eigenvalue weighted by Crippen LogP contribution is -2.28. The highest BCUT2D eigenvalue weighted by atomic mass is 16.3. The molecule has 0 amide bonds. The van der Waals surface area contributed by atoms with Gasteiger partial charge in [0.15, 0.2) is 0 Å². The summed E-state index contributed by atoms with van der Waals surface area (Å²) in [6.45, 7) is 4.38. The SMILES string of the molecule is CC1CCC[C@@H](O)[C@@H]1C. The molecule has 0 aromatic carbocycles. The van der Waals surface area contributed by atoms with Crippen LogP contribution in [0.25, 0.3) is 0 Å². The summed E-state index contributed by atoms with van der Waals surface area (Å²) in [5, 5.41) is 9.35. The summed E-state index contributed by atoms with van der Waals surface area (Å²) in [5.74, 6) is 1.26. The molecule has 0 aromatic heterocycles. The van der Waals surface area contributed by atoms with Crippen LogP contribution in [0.15, 0.2) is 0 Å². The lowest BCUT2D eigenvalue weighted by Gasteiger charge is -2.30. The predicted molar refractivity (Wildman–Crippen MR) is 38.2 cm³/mol. The topological polar surface area (TPSA) is 20.2 Å². The van der Waals surface area contributed by atoms with Gasteiger partial charge >= 0.3 is 0 Å². The molecule has 54 valence electrons. The normalized spacial score (nSPS) is 45.0. The summed E-state index contributed by atoms with van der Waals surface area (Å²) in [6.07, 6.45) is 3.52. The highest BCUT2D eigenvalue weighted by Gasteiger charge is 2.24. The van der Waals surface area contributed by atoms with E-state index >= 15 is 0 Å². The van der Waals surface area contributed by atoms with E-state index in [-0.39, 0.29) is 6.10 Å². The van der Waals surface area contributed by atoms with E-state index in [0.29, 0.717) is 5.92 Å². The Labute approximate surface area is 57.1 Å². The molecule has 0 saturated heterocycles. The maximum absolute atomic E-state index is 9.35. The molecule has 9 heavy (non-hydrogen) atoms. The number of hydrogen-bond acceptors (Lipinski definition) is 1. The van der Waals surface area contributed by atoms with Crippen LogP contribution >= 0.6 is 0 Å². The molecule has 0 radical (unpaired) electrons. The summed E-state index contributed by atoms with van der Waals surface area (Å²) in [5.41, 5.74) is 0. The van der Waals surface area contributed by atoms with E-state index in [1.807, 2.05) is 0 Å². The third-order valence-electron chi connectivity index (χ3n) is 2.66. The maximum atomic E-state index is 9.35. The van der Waals surface area contributed by atoms with Crippen molar-refractivity contribution in [3.63, 3.8) is 0 Å². The van der Waals surface area contributed by atoms with Gasteiger partial charge in [-0.05, 0) is 18.3 Å². The minimum absolute atomic E-state index is 0.0197. The van der Waals surface area contributed by atoms with Gasteiger partial charge in [-0.2, -0.15) is 0 Å². The van der Waals surface area contributed by atoms with Gasteiger partial charge in [-0.25, -0.2) is 0 Å². The molecule has 0 heterocycles. The molecule has 1 saturated carbocycles. The van der Waals surface area contributed by atoms with Gasteiger partial charge in [0.1, 0.15) is 0 Å². The van der Waals surface area contributed by atoms with Gasteiger partial charge in [0.25, 0.3) is 0 Å². The van der Waals surface area contributed by atoms with Crippen molar-refractivity contribution >= 4 is 0 Å². The van der Waals surface area contributed by atoms with Crippen LogP contribution in [0.5, 0.6) is 0 Å². The average Bonchev–Trinajstić information content (AvgIpc) is 1.83. The zero-order valence-electron chi connectivity index (χ0n) is 6.30. The molecule has 3 atom stereocenters. The van der Waals surface area contributed by atoms with E-state index in [9.17, 15) is 5.11 Å². The summed E-state index contributed by atoms with van der Waals surface area (Å²) in [4.78, 5) is 0. The minimum atomic E-state index is -0.0197. The van der Waals surface area contributed by atoms with Crippen molar-refractivity contribution in [2.24, 2.45) is 11.8 Å². The Hall–Kier alpha value is -0.0400. The third kappa shape index (κ3) is 1.45. The fraction of sp³-hybridized carbons (Fsp3) is 1.00. The van der Waals surface area contributed by atoms with Gasteiger partial charge in [0, 0.05) is 0 Å². The summed E-state index contributed by atoms with van der Waals surface area (Å²) >= 11 is 0. The quantitative estimate of drug-likeness (QED) is 0.527. The molecule has 1 fully saturated rings. The summed E-state index contributed by atoms with van der Waals surface area (Å²) in [6, 6.07) is 0. The van der Waals surface area contributed by atoms with Gasteiger partial charge in [-0.15, -0.1) is 0 Å². The number of rotatable bonds is 0. The highest BCUT2D eigenvalue weighted by Crippen LogP contribution is 2.28. The largest absolute Gasteiger partial charge is 0.393 e. The first kappa shape index (κ1) is 7.07. The van der Waals surface area contributed by atoms with Gasteiger partial charge in [0.2, 0.25) is 0 Å². The predicted octanol–water partition coefficient (Wildman–Crippen LogP) is 1.80. The second-order valence-corrected chi connectivity index (χ2v) is 3.33. The van der Waals surface area contributed by atoms with Crippen LogP contribution in [0.1, 0.15) is 33.1 Å². The Kier molecular flexibility index (Phi) is 2.12. The second-order valence-electron chi connectivity index (χ2n) is 3.33. The first-order valence-electron chi connectivity index (χ1n) is 3.90. The zero-order chi connectivity index (χ0) is 6.85. The molecule has 1 aliphatic carbocycles. The van der Waals surface area contributed by atoms with E-state index in [2.05, 4.69) is 13.8 Å². The molecule has 0 bridgehead atoms. The van der Waals surface area contributed by atoms with E-state index < -0.39 is 0 Å². The van der Waals surface area contributed by atoms with Crippen LogP contribution in [0, 0.1) is 11.8 Å². The molecule has 1 unspecified atom stereocenters. The Balaban J connectivity index is 2.41. The smallest absolute Gasteiger partial charge is 0.0568 e. The van der Waals surface area contributed by atoms with Crippen LogP contribution in [0.4, 0.5) is 0 Å². The van der Waals surface area contributed by atoms with E-state index in [1.54, 1.807) is 0 Å². The van der Waals surface area contributed by atoms with Gasteiger partial charge in [-0.1, -0.05) is 26.7 Å². The Morgan fingerprint density at radius 2 is 1.89 bits per heavy atom. The Morgan fingerprint density at radius 1 is 1.22 bits per heavy atom. The zero-order valence-corrected chi connectivity index (χ0v) is 6.30. The average molecular weight is 128 g/mol. The van der Waals surface area contributed by atoms with Crippen LogP contribution in [-0.2, 0) is 0 Å². The summed E-state index contributed by atoms with van der Waals surface area (Å²) in [7, 11) is 0. The van der Waals surface area contributed by atoms with E-state index in [4.69, 9.17) is 0 Å². The fourth-order valence-corrected chi connectivity index (χ4v) is 1.55. The first-order chi connectivity index (χ1) is 4.22. The van der Waals surface area contributed by atoms with Crippen LogP contribution in [-0.4, -0.2) is 11.2 Å². The van der Waals surface area contributed by atoms with Crippen molar-refractivity contribution in [2.75, 3.05) is 0 Å². The van der Waals surface area contributed by atoms with Gasteiger partial charge in [-0.3, -0.25) is 0 Å². The number of hydrogen-bond donors (Lipinski definition) is 1. The monoisotopic (exact) mass is 128 g/mol. The van der Waals surface area contributed by atoms with Crippen LogP contribution in [0.2, 0.25) is 0 Å². The van der Waals surface area contributed by atoms with Crippen LogP contribution < -0.4 is 0 Å². The van der Waals surface area contributed by atoms with Crippen molar-refractivity contribution in [1.29, 1.82) is 0 Å². The van der Waals surface area contributed by atoms with Crippen molar-refractivity contribution < 1.29 is 5.11 Å². The molecule has 0 aromatic rings. The Morgan fingerprint density at radius 3 is 2.33 bits per heavy atom. The fourth-order valence-electron chi connectivity index (χ4n) is 1.55. The third-order valence-corrected chi connectivity index (χ3v) is 2.66. The number of aliphatic hydroxyl groups excluding tert-OH is 1. The second kappa shape index (κ2) is 2.70. The first-order valence-corrected chi connectivity index (χ1v) is 3.90. The molecule has 1 heteroatoms. The van der Waals surface area contributed by atoms with Crippen molar-refractivity contribution in [2.45, 2.75) is 39.2 Å². The lowest BCUT2D eigenvalue weighted by molar-refractivity contribution is 0.0486. The number of aliphatic hydroxyl groups is 1. The highest BCUT2D eigenvalue weighted by molar-refractivity contribution is 4.75. The molecule has 1 rings (SSSR count). The molecule has 1 nitrogen and oxygen atoms in total. The van der Waals surface area contributed by atoms with Gasteiger partial charge < -0.3 is 5.11 Å². The van der Waals surface area contributed by atoms with Crippen LogP contribution in [0.3, 0.4) is 0 Å². The molecular weight excluding hydrogens is 112 g/mol. The molecular formula is C8H16O. The van der Waals surface area contributed by atoms with E-state index in [0.717, 1.165) is 12.3 Å².